The average Bonchev–Trinajstić information content (AvgIpc) is 1.85. The Labute approximate surface area is 76.4 Å². The van der Waals surface area contributed by atoms with E-state index in [2.05, 4.69) is 34.3 Å². The van der Waals surface area contributed by atoms with Gasteiger partial charge in [0.2, 0.25) is 0 Å². The fraction of sp³-hybridized carbons (Fsp3) is 0.727. The summed E-state index contributed by atoms with van der Waals surface area (Å²) in [5.41, 5.74) is 1.75. The van der Waals surface area contributed by atoms with Crippen molar-refractivity contribution in [3.63, 3.8) is 0 Å². The van der Waals surface area contributed by atoms with Crippen molar-refractivity contribution in [3.8, 4) is 0 Å². The highest BCUT2D eigenvalue weighted by molar-refractivity contribution is 5.89. The molecule has 12 heavy (non-hydrogen) atoms. The van der Waals surface area contributed by atoms with Gasteiger partial charge in [-0.05, 0) is 19.3 Å². The molecule has 0 aromatic carbocycles. The largest absolute Gasteiger partial charge is 0.309 e. The van der Waals surface area contributed by atoms with Crippen LogP contribution in [-0.2, 0) is 0 Å². The summed E-state index contributed by atoms with van der Waals surface area (Å²) in [4.78, 5) is 0. The summed E-state index contributed by atoms with van der Waals surface area (Å²) in [7, 11) is 0. The zero-order valence-electron chi connectivity index (χ0n) is 8.99. The van der Waals surface area contributed by atoms with E-state index in [0.717, 1.165) is 17.7 Å². The summed E-state index contributed by atoms with van der Waals surface area (Å²) < 4.78 is 0. The molecule has 0 saturated heterocycles. The Balaban J connectivity index is 4.36. The molecule has 0 saturated carbocycles. The summed E-state index contributed by atoms with van der Waals surface area (Å²) in [6.07, 6.45) is 0.875. The van der Waals surface area contributed by atoms with Crippen molar-refractivity contribution in [2.24, 2.45) is 11.3 Å². The first-order chi connectivity index (χ1) is 5.28. The molecule has 1 N–H and O–H groups in total. The number of hydrogen-bond acceptors (Lipinski definition) is 1. The van der Waals surface area contributed by atoms with Crippen LogP contribution in [0.5, 0.6) is 0 Å². The number of hydrogen-bond donors (Lipinski definition) is 1. The number of rotatable bonds is 4. The maximum absolute atomic E-state index is 7.89. The third-order valence-electron chi connectivity index (χ3n) is 2.43. The molecule has 0 unspecified atom stereocenters. The summed E-state index contributed by atoms with van der Waals surface area (Å²) >= 11 is 0. The van der Waals surface area contributed by atoms with E-state index >= 15 is 0 Å². The molecular weight excluding hydrogens is 146 g/mol. The Morgan fingerprint density at radius 3 is 2.08 bits per heavy atom. The molecule has 0 aliphatic carbocycles. The van der Waals surface area contributed by atoms with Gasteiger partial charge in [-0.15, -0.1) is 0 Å². The molecule has 0 aliphatic heterocycles. The Bertz CT molecular complexity index is 187. The van der Waals surface area contributed by atoms with E-state index in [1.807, 2.05) is 6.92 Å². The smallest absolute Gasteiger partial charge is 0.0226 e. The SMILES string of the molecule is C=C(C)C(C)(C)C(=N)CC(C)C. The highest BCUT2D eigenvalue weighted by Gasteiger charge is 2.24. The minimum atomic E-state index is -0.121. The molecule has 0 fully saturated rings. The Hall–Kier alpha value is -0.590. The van der Waals surface area contributed by atoms with Gasteiger partial charge in [0.25, 0.3) is 0 Å². The molecule has 1 nitrogen and oxygen atoms in total. The summed E-state index contributed by atoms with van der Waals surface area (Å²) in [5, 5.41) is 7.89. The summed E-state index contributed by atoms with van der Waals surface area (Å²) in [6, 6.07) is 0. The van der Waals surface area contributed by atoms with Crippen LogP contribution < -0.4 is 0 Å². The maximum atomic E-state index is 7.89. The summed E-state index contributed by atoms with van der Waals surface area (Å²) in [5.74, 6) is 0.566. The molecule has 70 valence electrons. The number of nitrogens with one attached hydrogen (secondary N) is 1. The fourth-order valence-electron chi connectivity index (χ4n) is 0.921. The van der Waals surface area contributed by atoms with Crippen LogP contribution >= 0.6 is 0 Å². The lowest BCUT2D eigenvalue weighted by atomic mass is 9.78. The van der Waals surface area contributed by atoms with Gasteiger partial charge >= 0.3 is 0 Å². The van der Waals surface area contributed by atoms with Crippen LogP contribution in [-0.4, -0.2) is 5.71 Å². The molecule has 0 bridgehead atoms. The highest BCUT2D eigenvalue weighted by Crippen LogP contribution is 2.28. The van der Waals surface area contributed by atoms with Gasteiger partial charge in [0.1, 0.15) is 0 Å². The molecule has 0 radical (unpaired) electrons. The predicted molar refractivity (Wildman–Crippen MR) is 55.8 cm³/mol. The Kier molecular flexibility index (Phi) is 3.69. The van der Waals surface area contributed by atoms with Gasteiger partial charge in [-0.1, -0.05) is 39.8 Å². The van der Waals surface area contributed by atoms with Gasteiger partial charge in [0.15, 0.2) is 0 Å². The average molecular weight is 167 g/mol. The molecule has 1 heteroatoms. The molecule has 0 aromatic heterocycles. The second kappa shape index (κ2) is 3.88. The third kappa shape index (κ3) is 2.80. The van der Waals surface area contributed by atoms with E-state index in [1.165, 1.54) is 0 Å². The minimum absolute atomic E-state index is 0.121. The Morgan fingerprint density at radius 2 is 1.83 bits per heavy atom. The van der Waals surface area contributed by atoms with Crippen molar-refractivity contribution < 1.29 is 0 Å². The van der Waals surface area contributed by atoms with Crippen molar-refractivity contribution in [1.29, 1.82) is 5.41 Å². The van der Waals surface area contributed by atoms with Gasteiger partial charge in [0.05, 0.1) is 0 Å². The van der Waals surface area contributed by atoms with Crippen LogP contribution in [0.1, 0.15) is 41.0 Å². The minimum Gasteiger partial charge on any atom is -0.309 e. The quantitative estimate of drug-likeness (QED) is 0.488. The lowest BCUT2D eigenvalue weighted by molar-refractivity contribution is 0.573. The van der Waals surface area contributed by atoms with Crippen molar-refractivity contribution in [3.05, 3.63) is 12.2 Å². The molecule has 0 amide bonds. The zero-order valence-corrected chi connectivity index (χ0v) is 8.99. The Morgan fingerprint density at radius 1 is 1.42 bits per heavy atom. The van der Waals surface area contributed by atoms with E-state index in [9.17, 15) is 0 Å². The normalized spacial score (nSPS) is 11.8. The topological polar surface area (TPSA) is 23.9 Å². The predicted octanol–water partition coefficient (Wildman–Crippen LogP) is 3.65. The van der Waals surface area contributed by atoms with Crippen LogP contribution in [0.3, 0.4) is 0 Å². The lowest BCUT2D eigenvalue weighted by Gasteiger charge is -2.27. The maximum Gasteiger partial charge on any atom is 0.0226 e. The molecule has 0 atom stereocenters. The van der Waals surface area contributed by atoms with Crippen LogP contribution in [0.15, 0.2) is 12.2 Å². The first kappa shape index (κ1) is 11.4. The standard InChI is InChI=1S/C11H21N/c1-8(2)7-10(12)11(5,6)9(3)4/h8,12H,3,7H2,1-2,4-6H3. The highest BCUT2D eigenvalue weighted by atomic mass is 14.5. The van der Waals surface area contributed by atoms with Crippen molar-refractivity contribution >= 4 is 5.71 Å². The van der Waals surface area contributed by atoms with Gasteiger partial charge < -0.3 is 5.41 Å². The van der Waals surface area contributed by atoms with Crippen LogP contribution in [0.4, 0.5) is 0 Å². The molecule has 0 aromatic rings. The van der Waals surface area contributed by atoms with Gasteiger partial charge in [-0.2, -0.15) is 0 Å². The third-order valence-corrected chi connectivity index (χ3v) is 2.43. The fourth-order valence-corrected chi connectivity index (χ4v) is 0.921. The number of allylic oxidation sites excluding steroid dienone is 1. The van der Waals surface area contributed by atoms with Crippen LogP contribution in [0, 0.1) is 16.7 Å². The van der Waals surface area contributed by atoms with E-state index < -0.39 is 0 Å². The lowest BCUT2D eigenvalue weighted by Crippen LogP contribution is -2.25. The van der Waals surface area contributed by atoms with Crippen molar-refractivity contribution in [1.82, 2.24) is 0 Å². The molecule has 0 aliphatic rings. The van der Waals surface area contributed by atoms with Gasteiger partial charge in [-0.3, -0.25) is 0 Å². The second-order valence-corrected chi connectivity index (χ2v) is 4.48. The summed E-state index contributed by atoms with van der Waals surface area (Å²) in [6.45, 7) is 14.3. The molecule has 0 spiro atoms. The first-order valence-corrected chi connectivity index (χ1v) is 4.52. The van der Waals surface area contributed by atoms with E-state index in [4.69, 9.17) is 5.41 Å². The monoisotopic (exact) mass is 167 g/mol. The molecule has 0 heterocycles. The van der Waals surface area contributed by atoms with E-state index in [-0.39, 0.29) is 5.41 Å². The molecular formula is C11H21N. The van der Waals surface area contributed by atoms with E-state index in [1.54, 1.807) is 0 Å². The second-order valence-electron chi connectivity index (χ2n) is 4.48. The van der Waals surface area contributed by atoms with Gasteiger partial charge in [-0.25, -0.2) is 0 Å². The zero-order chi connectivity index (χ0) is 9.94. The van der Waals surface area contributed by atoms with Crippen molar-refractivity contribution in [2.75, 3.05) is 0 Å². The molecule has 0 rings (SSSR count). The van der Waals surface area contributed by atoms with Gasteiger partial charge in [0, 0.05) is 11.1 Å². The van der Waals surface area contributed by atoms with Crippen LogP contribution in [0.25, 0.3) is 0 Å². The van der Waals surface area contributed by atoms with Crippen molar-refractivity contribution in [2.45, 2.75) is 41.0 Å². The first-order valence-electron chi connectivity index (χ1n) is 4.52. The van der Waals surface area contributed by atoms with E-state index in [0.29, 0.717) is 5.92 Å². The van der Waals surface area contributed by atoms with Crippen LogP contribution in [0.2, 0.25) is 0 Å².